The Bertz CT molecular complexity index is 737. The average Bonchev–Trinajstić information content (AvgIpc) is 3.02. The Morgan fingerprint density at radius 1 is 1.43 bits per heavy atom. The molecule has 7 nitrogen and oxygen atoms in total. The molecular weight excluding hydrogens is 318 g/mol. The summed E-state index contributed by atoms with van der Waals surface area (Å²) in [6.45, 7) is 3.94. The van der Waals surface area contributed by atoms with Gasteiger partial charge in [-0.2, -0.15) is 5.10 Å². The minimum absolute atomic E-state index is 0.00195. The normalized spacial score (nSPS) is 10.4. The zero-order valence-electron chi connectivity index (χ0n) is 12.0. The molecule has 0 aliphatic heterocycles. The van der Waals surface area contributed by atoms with Gasteiger partial charge < -0.3 is 4.74 Å². The van der Waals surface area contributed by atoms with Crippen LogP contribution in [-0.2, 0) is 0 Å². The number of carbonyl (C=O) groups excluding carboxylic acids is 1. The fourth-order valence-electron chi connectivity index (χ4n) is 1.58. The van der Waals surface area contributed by atoms with Gasteiger partial charge in [-0.3, -0.25) is 14.9 Å². The Kier molecular flexibility index (Phi) is 5.59. The molecule has 23 heavy (non-hydrogen) atoms. The Hall–Kier alpha value is -3.00. The second-order valence-electron chi connectivity index (χ2n) is 4.29. The molecular formula is C15H13N3O4S. The molecule has 1 N–H and O–H groups in total. The van der Waals surface area contributed by atoms with E-state index in [1.807, 2.05) is 0 Å². The maximum absolute atomic E-state index is 11.9. The van der Waals surface area contributed by atoms with Crippen LogP contribution in [0, 0.1) is 10.1 Å². The van der Waals surface area contributed by atoms with E-state index in [1.54, 1.807) is 30.3 Å². The van der Waals surface area contributed by atoms with Crippen molar-refractivity contribution in [2.24, 2.45) is 5.10 Å². The maximum atomic E-state index is 11.9. The lowest BCUT2D eigenvalue weighted by molar-refractivity contribution is -0.384. The highest BCUT2D eigenvalue weighted by Crippen LogP contribution is 2.19. The van der Waals surface area contributed by atoms with Crippen molar-refractivity contribution in [1.82, 2.24) is 5.43 Å². The van der Waals surface area contributed by atoms with Crippen molar-refractivity contribution in [3.63, 3.8) is 0 Å². The summed E-state index contributed by atoms with van der Waals surface area (Å²) in [5.41, 5.74) is 2.78. The molecule has 0 saturated heterocycles. The summed E-state index contributed by atoms with van der Waals surface area (Å²) in [4.78, 5) is 22.5. The van der Waals surface area contributed by atoms with Crippen molar-refractivity contribution < 1.29 is 14.5 Å². The van der Waals surface area contributed by atoms with Crippen LogP contribution in [0.3, 0.4) is 0 Å². The van der Waals surface area contributed by atoms with Crippen LogP contribution >= 0.6 is 11.3 Å². The van der Waals surface area contributed by atoms with Gasteiger partial charge in [-0.05, 0) is 24.3 Å². The van der Waals surface area contributed by atoms with E-state index < -0.39 is 4.92 Å². The fraction of sp³-hybridized carbons (Fsp3) is 0.0667. The van der Waals surface area contributed by atoms with Crippen LogP contribution < -0.4 is 10.2 Å². The molecule has 0 aliphatic rings. The Morgan fingerprint density at radius 3 is 2.78 bits per heavy atom. The van der Waals surface area contributed by atoms with Gasteiger partial charge in [0.15, 0.2) is 0 Å². The minimum Gasteiger partial charge on any atom is -0.490 e. The van der Waals surface area contributed by atoms with E-state index in [4.69, 9.17) is 4.74 Å². The number of benzene rings is 1. The van der Waals surface area contributed by atoms with Crippen LogP contribution in [0.25, 0.3) is 0 Å². The number of carbonyl (C=O) groups is 1. The quantitative estimate of drug-likeness (QED) is 0.365. The zero-order valence-corrected chi connectivity index (χ0v) is 12.8. The standard InChI is InChI=1S/C15H13N3O4S/c1-2-7-22-13-5-3-11(4-6-13)15(19)17-16-9-14-8-12(10-23-14)18(20)21/h2-6,8-10H,1,7H2,(H,17,19)/b16-9+. The van der Waals surface area contributed by atoms with Crippen LogP contribution in [-0.4, -0.2) is 23.7 Å². The van der Waals surface area contributed by atoms with Gasteiger partial charge >= 0.3 is 0 Å². The third kappa shape index (κ3) is 4.75. The second kappa shape index (κ2) is 7.85. The van der Waals surface area contributed by atoms with Gasteiger partial charge in [-0.15, -0.1) is 11.3 Å². The monoisotopic (exact) mass is 331 g/mol. The molecule has 2 rings (SSSR count). The molecule has 0 saturated carbocycles. The van der Waals surface area contributed by atoms with Crippen LogP contribution in [0.4, 0.5) is 5.69 Å². The predicted molar refractivity (Wildman–Crippen MR) is 88.2 cm³/mol. The van der Waals surface area contributed by atoms with Crippen LogP contribution in [0.1, 0.15) is 15.2 Å². The van der Waals surface area contributed by atoms with E-state index >= 15 is 0 Å². The van der Waals surface area contributed by atoms with E-state index in [0.717, 1.165) is 0 Å². The summed E-state index contributed by atoms with van der Waals surface area (Å²) in [5.74, 6) is 0.249. The molecule has 0 atom stereocenters. The molecule has 1 amide bonds. The number of hydrogen-bond donors (Lipinski definition) is 1. The Balaban J connectivity index is 1.91. The third-order valence-corrected chi connectivity index (χ3v) is 3.51. The first-order valence-corrected chi connectivity index (χ1v) is 7.38. The topological polar surface area (TPSA) is 93.8 Å². The van der Waals surface area contributed by atoms with Crippen LogP contribution in [0.5, 0.6) is 5.75 Å². The molecule has 0 radical (unpaired) electrons. The van der Waals surface area contributed by atoms with Crippen molar-refractivity contribution >= 4 is 29.1 Å². The number of hydrazone groups is 1. The number of hydrogen-bond acceptors (Lipinski definition) is 6. The van der Waals surface area contributed by atoms with Crippen molar-refractivity contribution in [2.75, 3.05) is 6.61 Å². The summed E-state index contributed by atoms with van der Waals surface area (Å²) >= 11 is 1.17. The van der Waals surface area contributed by atoms with Crippen LogP contribution in [0.15, 0.2) is 53.5 Å². The van der Waals surface area contributed by atoms with E-state index in [-0.39, 0.29) is 11.6 Å². The highest BCUT2D eigenvalue weighted by atomic mass is 32.1. The first kappa shape index (κ1) is 16.4. The third-order valence-electron chi connectivity index (χ3n) is 2.66. The Morgan fingerprint density at radius 2 is 2.17 bits per heavy atom. The van der Waals surface area contributed by atoms with Gasteiger partial charge in [0.1, 0.15) is 12.4 Å². The second-order valence-corrected chi connectivity index (χ2v) is 5.23. The summed E-state index contributed by atoms with van der Waals surface area (Å²) < 4.78 is 5.32. The number of nitrogens with one attached hydrogen (secondary N) is 1. The SMILES string of the molecule is C=CCOc1ccc(C(=O)N/N=C/c2cc([N+](=O)[O-])cs2)cc1. The molecule has 8 heteroatoms. The first-order chi connectivity index (χ1) is 11.1. The van der Waals surface area contributed by atoms with Crippen molar-refractivity contribution in [3.8, 4) is 5.75 Å². The fourth-order valence-corrected chi connectivity index (χ4v) is 2.30. The molecule has 1 aromatic carbocycles. The van der Waals surface area contributed by atoms with Crippen molar-refractivity contribution in [2.45, 2.75) is 0 Å². The molecule has 1 aromatic heterocycles. The number of amides is 1. The molecule has 0 bridgehead atoms. The Labute approximate surface area is 136 Å². The van der Waals surface area contributed by atoms with E-state index in [0.29, 0.717) is 22.8 Å². The summed E-state index contributed by atoms with van der Waals surface area (Å²) in [6.07, 6.45) is 2.99. The van der Waals surface area contributed by atoms with Gasteiger partial charge in [0.2, 0.25) is 0 Å². The van der Waals surface area contributed by atoms with Gasteiger partial charge in [0, 0.05) is 11.6 Å². The molecule has 0 aliphatic carbocycles. The van der Waals surface area contributed by atoms with Crippen LogP contribution in [0.2, 0.25) is 0 Å². The largest absolute Gasteiger partial charge is 0.490 e. The summed E-state index contributed by atoms with van der Waals surface area (Å²) in [5, 5.41) is 15.7. The number of nitro groups is 1. The van der Waals surface area contributed by atoms with E-state index in [1.165, 1.54) is 29.0 Å². The number of nitrogens with zero attached hydrogens (tertiary/aromatic N) is 2. The first-order valence-electron chi connectivity index (χ1n) is 6.50. The smallest absolute Gasteiger partial charge is 0.280 e. The van der Waals surface area contributed by atoms with Gasteiger partial charge in [-0.1, -0.05) is 12.7 Å². The van der Waals surface area contributed by atoms with Gasteiger partial charge in [0.05, 0.1) is 21.4 Å². The van der Waals surface area contributed by atoms with Gasteiger partial charge in [0.25, 0.3) is 11.6 Å². The highest BCUT2D eigenvalue weighted by Gasteiger charge is 2.08. The highest BCUT2D eigenvalue weighted by molar-refractivity contribution is 7.12. The predicted octanol–water partition coefficient (Wildman–Crippen LogP) is 2.99. The summed E-state index contributed by atoms with van der Waals surface area (Å²) in [7, 11) is 0. The maximum Gasteiger partial charge on any atom is 0.280 e. The zero-order chi connectivity index (χ0) is 16.7. The molecule has 0 unspecified atom stereocenters. The summed E-state index contributed by atoms with van der Waals surface area (Å²) in [6, 6.07) is 7.94. The molecule has 2 aromatic rings. The van der Waals surface area contributed by atoms with Gasteiger partial charge in [-0.25, -0.2) is 5.43 Å². The molecule has 0 fully saturated rings. The number of ether oxygens (including phenoxy) is 1. The number of rotatable bonds is 7. The minimum atomic E-state index is -0.484. The lowest BCUT2D eigenvalue weighted by Crippen LogP contribution is -2.17. The average molecular weight is 331 g/mol. The lowest BCUT2D eigenvalue weighted by atomic mass is 10.2. The molecule has 118 valence electrons. The molecule has 1 heterocycles. The molecule has 0 spiro atoms. The van der Waals surface area contributed by atoms with E-state index in [9.17, 15) is 14.9 Å². The van der Waals surface area contributed by atoms with E-state index in [2.05, 4.69) is 17.1 Å². The number of thiophene rings is 1. The lowest BCUT2D eigenvalue weighted by Gasteiger charge is -2.04. The van der Waals surface area contributed by atoms with Crippen molar-refractivity contribution in [1.29, 1.82) is 0 Å². The van der Waals surface area contributed by atoms with Crippen molar-refractivity contribution in [3.05, 3.63) is 68.9 Å².